The van der Waals surface area contributed by atoms with E-state index in [2.05, 4.69) is 24.0 Å². The Kier molecular flexibility index (Phi) is 4.38. The van der Waals surface area contributed by atoms with Gasteiger partial charge in [-0.2, -0.15) is 0 Å². The van der Waals surface area contributed by atoms with Gasteiger partial charge in [-0.15, -0.1) is 6.58 Å². The van der Waals surface area contributed by atoms with Crippen molar-refractivity contribution < 1.29 is 9.90 Å². The summed E-state index contributed by atoms with van der Waals surface area (Å²) in [5.41, 5.74) is 1.69. The summed E-state index contributed by atoms with van der Waals surface area (Å²) in [6.07, 6.45) is 5.03. The van der Waals surface area contributed by atoms with Gasteiger partial charge in [-0.1, -0.05) is 30.3 Å². The first-order valence-corrected chi connectivity index (χ1v) is 6.80. The van der Waals surface area contributed by atoms with E-state index in [0.717, 1.165) is 6.42 Å². The lowest BCUT2D eigenvalue weighted by Crippen LogP contribution is -2.46. The standard InChI is InChI=1S/C16H21NO2/c1-2-3-8-15(18)17-12-16(19)10-9-13-6-4-5-7-14(13)11-16/h2,4-7,19H,1,3,8-12H2,(H,17,18). The largest absolute Gasteiger partial charge is 0.388 e. The molecule has 1 amide bonds. The van der Waals surface area contributed by atoms with Crippen LogP contribution in [0.4, 0.5) is 0 Å². The Balaban J connectivity index is 1.91. The number of amides is 1. The highest BCUT2D eigenvalue weighted by Crippen LogP contribution is 2.28. The Bertz CT molecular complexity index is 470. The monoisotopic (exact) mass is 259 g/mol. The minimum atomic E-state index is -0.807. The molecule has 0 aliphatic heterocycles. The summed E-state index contributed by atoms with van der Waals surface area (Å²) in [7, 11) is 0. The lowest BCUT2D eigenvalue weighted by atomic mass is 9.80. The quantitative estimate of drug-likeness (QED) is 0.794. The maximum absolute atomic E-state index is 11.6. The van der Waals surface area contributed by atoms with E-state index in [9.17, 15) is 9.90 Å². The first-order chi connectivity index (χ1) is 9.13. The van der Waals surface area contributed by atoms with Gasteiger partial charge in [0, 0.05) is 19.4 Å². The number of hydrogen-bond acceptors (Lipinski definition) is 2. The molecule has 2 N–H and O–H groups in total. The van der Waals surface area contributed by atoms with Gasteiger partial charge in [0.15, 0.2) is 0 Å². The van der Waals surface area contributed by atoms with Crippen molar-refractivity contribution in [2.45, 2.75) is 37.7 Å². The molecule has 1 atom stereocenters. The van der Waals surface area contributed by atoms with Crippen LogP contribution >= 0.6 is 0 Å². The fourth-order valence-corrected chi connectivity index (χ4v) is 2.52. The maximum atomic E-state index is 11.6. The summed E-state index contributed by atoms with van der Waals surface area (Å²) in [6, 6.07) is 8.18. The third kappa shape index (κ3) is 3.67. The molecular weight excluding hydrogens is 238 g/mol. The molecule has 102 valence electrons. The molecule has 0 fully saturated rings. The summed E-state index contributed by atoms with van der Waals surface area (Å²) in [4.78, 5) is 11.6. The molecule has 0 spiro atoms. The molecule has 3 heteroatoms. The van der Waals surface area contributed by atoms with Gasteiger partial charge in [-0.25, -0.2) is 0 Å². The number of rotatable bonds is 5. The van der Waals surface area contributed by atoms with E-state index in [1.807, 2.05) is 12.1 Å². The van der Waals surface area contributed by atoms with Crippen LogP contribution < -0.4 is 5.32 Å². The predicted molar refractivity (Wildman–Crippen MR) is 75.9 cm³/mol. The first-order valence-electron chi connectivity index (χ1n) is 6.80. The number of carbonyl (C=O) groups is 1. The number of aliphatic hydroxyl groups is 1. The van der Waals surface area contributed by atoms with Crippen LogP contribution in [0.2, 0.25) is 0 Å². The van der Waals surface area contributed by atoms with Crippen LogP contribution in [-0.4, -0.2) is 23.2 Å². The van der Waals surface area contributed by atoms with Crippen molar-refractivity contribution in [3.05, 3.63) is 48.0 Å². The second-order valence-electron chi connectivity index (χ2n) is 5.27. The lowest BCUT2D eigenvalue weighted by molar-refractivity contribution is -0.122. The van der Waals surface area contributed by atoms with Gasteiger partial charge >= 0.3 is 0 Å². The van der Waals surface area contributed by atoms with Crippen LogP contribution in [0.3, 0.4) is 0 Å². The van der Waals surface area contributed by atoms with E-state index in [1.165, 1.54) is 11.1 Å². The fraction of sp³-hybridized carbons (Fsp3) is 0.438. The van der Waals surface area contributed by atoms with E-state index in [-0.39, 0.29) is 5.91 Å². The van der Waals surface area contributed by atoms with Gasteiger partial charge in [0.2, 0.25) is 5.91 Å². The number of carbonyl (C=O) groups excluding carboxylic acids is 1. The number of allylic oxidation sites excluding steroid dienone is 1. The van der Waals surface area contributed by atoms with Crippen LogP contribution in [0.25, 0.3) is 0 Å². The maximum Gasteiger partial charge on any atom is 0.220 e. The Labute approximate surface area is 114 Å². The molecule has 0 radical (unpaired) electrons. The van der Waals surface area contributed by atoms with Crippen LogP contribution in [0.5, 0.6) is 0 Å². The molecule has 2 rings (SSSR count). The minimum Gasteiger partial charge on any atom is -0.388 e. The number of hydrogen-bond donors (Lipinski definition) is 2. The predicted octanol–water partition coefficient (Wildman–Crippen LogP) is 1.99. The number of fused-ring (bicyclic) bond motifs is 1. The number of nitrogens with one attached hydrogen (secondary N) is 1. The highest BCUT2D eigenvalue weighted by Gasteiger charge is 2.32. The average molecular weight is 259 g/mol. The molecule has 0 heterocycles. The van der Waals surface area contributed by atoms with Crippen molar-refractivity contribution in [3.63, 3.8) is 0 Å². The molecule has 1 aliphatic rings. The summed E-state index contributed by atoms with van der Waals surface area (Å²) < 4.78 is 0. The van der Waals surface area contributed by atoms with Crippen molar-refractivity contribution >= 4 is 5.91 Å². The van der Waals surface area contributed by atoms with Crippen LogP contribution in [-0.2, 0) is 17.6 Å². The van der Waals surface area contributed by atoms with Crippen molar-refractivity contribution in [1.29, 1.82) is 0 Å². The molecule has 19 heavy (non-hydrogen) atoms. The SMILES string of the molecule is C=CCCC(=O)NCC1(O)CCc2ccccc2C1. The van der Waals surface area contributed by atoms with Crippen molar-refractivity contribution in [2.24, 2.45) is 0 Å². The van der Waals surface area contributed by atoms with Gasteiger partial charge < -0.3 is 10.4 Å². The second kappa shape index (κ2) is 6.02. The third-order valence-corrected chi connectivity index (χ3v) is 3.69. The molecule has 1 unspecified atom stereocenters. The van der Waals surface area contributed by atoms with Crippen LogP contribution in [0, 0.1) is 0 Å². The fourth-order valence-electron chi connectivity index (χ4n) is 2.52. The van der Waals surface area contributed by atoms with Crippen molar-refractivity contribution in [3.8, 4) is 0 Å². The number of aryl methyl sites for hydroxylation is 1. The Morgan fingerprint density at radius 3 is 2.89 bits per heavy atom. The molecule has 1 aromatic rings. The third-order valence-electron chi connectivity index (χ3n) is 3.69. The highest BCUT2D eigenvalue weighted by atomic mass is 16.3. The Morgan fingerprint density at radius 2 is 2.16 bits per heavy atom. The van der Waals surface area contributed by atoms with Gasteiger partial charge in [-0.05, 0) is 30.4 Å². The smallest absolute Gasteiger partial charge is 0.220 e. The molecule has 1 aromatic carbocycles. The molecular formula is C16H21NO2. The van der Waals surface area contributed by atoms with Crippen molar-refractivity contribution in [1.82, 2.24) is 5.32 Å². The van der Waals surface area contributed by atoms with E-state index in [4.69, 9.17) is 0 Å². The normalized spacial score (nSPS) is 21.5. The van der Waals surface area contributed by atoms with Crippen LogP contribution in [0.15, 0.2) is 36.9 Å². The molecule has 0 saturated heterocycles. The lowest BCUT2D eigenvalue weighted by Gasteiger charge is -2.33. The van der Waals surface area contributed by atoms with Gasteiger partial charge in [0.05, 0.1) is 5.60 Å². The Hall–Kier alpha value is -1.61. The first kappa shape index (κ1) is 13.8. The van der Waals surface area contributed by atoms with Gasteiger partial charge in [0.1, 0.15) is 0 Å². The zero-order chi connectivity index (χ0) is 13.7. The van der Waals surface area contributed by atoms with E-state index in [0.29, 0.717) is 32.2 Å². The number of benzene rings is 1. The summed E-state index contributed by atoms with van der Waals surface area (Å²) in [5.74, 6) is -0.0211. The van der Waals surface area contributed by atoms with E-state index < -0.39 is 5.60 Å². The van der Waals surface area contributed by atoms with E-state index >= 15 is 0 Å². The molecule has 0 bridgehead atoms. The zero-order valence-electron chi connectivity index (χ0n) is 11.2. The van der Waals surface area contributed by atoms with Gasteiger partial charge in [-0.3, -0.25) is 4.79 Å². The zero-order valence-corrected chi connectivity index (χ0v) is 11.2. The summed E-state index contributed by atoms with van der Waals surface area (Å²) in [5, 5.41) is 13.4. The average Bonchev–Trinajstić information content (AvgIpc) is 2.43. The molecule has 3 nitrogen and oxygen atoms in total. The summed E-state index contributed by atoms with van der Waals surface area (Å²) >= 11 is 0. The van der Waals surface area contributed by atoms with Crippen molar-refractivity contribution in [2.75, 3.05) is 6.54 Å². The summed E-state index contributed by atoms with van der Waals surface area (Å²) in [6.45, 7) is 3.92. The molecule has 0 saturated carbocycles. The van der Waals surface area contributed by atoms with Crippen LogP contribution in [0.1, 0.15) is 30.4 Å². The topological polar surface area (TPSA) is 49.3 Å². The molecule has 0 aromatic heterocycles. The highest BCUT2D eigenvalue weighted by molar-refractivity contribution is 5.76. The second-order valence-corrected chi connectivity index (χ2v) is 5.27. The van der Waals surface area contributed by atoms with Gasteiger partial charge in [0.25, 0.3) is 0 Å². The minimum absolute atomic E-state index is 0.0211. The molecule has 1 aliphatic carbocycles. The van der Waals surface area contributed by atoms with E-state index in [1.54, 1.807) is 6.08 Å². The Morgan fingerprint density at radius 1 is 1.42 bits per heavy atom.